The highest BCUT2D eigenvalue weighted by Gasteiger charge is 2.39. The number of carbonyl (C=O) groups is 2. The summed E-state index contributed by atoms with van der Waals surface area (Å²) in [4.78, 5) is 49.0. The Labute approximate surface area is 196 Å². The van der Waals surface area contributed by atoms with E-state index in [-0.39, 0.29) is 26.1 Å². The summed E-state index contributed by atoms with van der Waals surface area (Å²) in [6.07, 6.45) is 0.571. The zero-order valence-corrected chi connectivity index (χ0v) is 19.3. The molecule has 0 aliphatic carbocycles. The molecule has 1 aromatic heterocycles. The predicted molar refractivity (Wildman–Crippen MR) is 120 cm³/mol. The zero-order valence-electron chi connectivity index (χ0n) is 19.3. The summed E-state index contributed by atoms with van der Waals surface area (Å²) in [5, 5.41) is 0. The molecule has 0 bridgehead atoms. The molecule has 1 aliphatic rings. The molecule has 1 aliphatic heterocycles. The van der Waals surface area contributed by atoms with Crippen molar-refractivity contribution < 1.29 is 28.2 Å². The van der Waals surface area contributed by atoms with Crippen LogP contribution in [0.4, 0.5) is 4.39 Å². The molecule has 2 aromatic rings. The van der Waals surface area contributed by atoms with Crippen LogP contribution in [0.25, 0.3) is 0 Å². The minimum absolute atomic E-state index is 0.0458. The molecule has 0 radical (unpaired) electrons. The maximum absolute atomic E-state index is 14.4. The van der Waals surface area contributed by atoms with Gasteiger partial charge in [0.05, 0.1) is 18.9 Å². The Bertz CT molecular complexity index is 1110. The predicted octanol–water partition coefficient (Wildman–Crippen LogP) is 2.81. The Morgan fingerprint density at radius 3 is 2.59 bits per heavy atom. The van der Waals surface area contributed by atoms with Gasteiger partial charge in [0.15, 0.2) is 0 Å². The number of ether oxygens (including phenoxy) is 3. The third-order valence-electron chi connectivity index (χ3n) is 5.56. The number of unbranched alkanes of at least 4 members (excludes halogenated alkanes) is 2. The first-order chi connectivity index (χ1) is 16.3. The van der Waals surface area contributed by atoms with Gasteiger partial charge in [0, 0.05) is 19.8 Å². The summed E-state index contributed by atoms with van der Waals surface area (Å²) in [5.41, 5.74) is -1.35. The fourth-order valence-electron chi connectivity index (χ4n) is 3.78. The molecule has 9 nitrogen and oxygen atoms in total. The van der Waals surface area contributed by atoms with Gasteiger partial charge in [0.2, 0.25) is 11.7 Å². The summed E-state index contributed by atoms with van der Waals surface area (Å²) >= 11 is 0. The van der Waals surface area contributed by atoms with Gasteiger partial charge in [-0.1, -0.05) is 50.1 Å². The number of hydrogen-bond donors (Lipinski definition) is 0. The molecule has 34 heavy (non-hydrogen) atoms. The molecular weight excluding hydrogens is 447 g/mol. The topological polar surface area (TPSA) is 106 Å². The Morgan fingerprint density at radius 2 is 1.91 bits per heavy atom. The quantitative estimate of drug-likeness (QED) is 0.383. The first-order valence-corrected chi connectivity index (χ1v) is 11.3. The van der Waals surface area contributed by atoms with Gasteiger partial charge in [-0.3, -0.25) is 19.0 Å². The standard InChI is InChI=1S/C24H29FN2O7/c1-3-4-6-11-21(29)27-23(30)18(25)13-26(24(27)31)22-12-19(20(34-22)15-32-16(2)28)33-14-17-9-7-5-8-10-17/h5,7-10,13,19-20,22H,3-4,6,11-12,14-15H2,1-2H3/t19?,20-,22-/m0/s1. The van der Waals surface area contributed by atoms with E-state index in [9.17, 15) is 23.6 Å². The van der Waals surface area contributed by atoms with Gasteiger partial charge < -0.3 is 14.2 Å². The fraction of sp³-hybridized carbons (Fsp3) is 0.500. The van der Waals surface area contributed by atoms with Gasteiger partial charge >= 0.3 is 11.7 Å². The highest BCUT2D eigenvalue weighted by Crippen LogP contribution is 2.31. The lowest BCUT2D eigenvalue weighted by molar-refractivity contribution is -0.148. The molecule has 3 atom stereocenters. The largest absolute Gasteiger partial charge is 0.463 e. The van der Waals surface area contributed by atoms with Crippen molar-refractivity contribution in [1.82, 2.24) is 9.13 Å². The number of halogens is 1. The number of rotatable bonds is 10. The average molecular weight is 477 g/mol. The summed E-state index contributed by atoms with van der Waals surface area (Å²) in [6, 6.07) is 9.38. The van der Waals surface area contributed by atoms with E-state index in [2.05, 4.69) is 0 Å². The molecule has 2 heterocycles. The molecule has 3 rings (SSSR count). The van der Waals surface area contributed by atoms with E-state index in [4.69, 9.17) is 14.2 Å². The van der Waals surface area contributed by atoms with Gasteiger partial charge in [-0.25, -0.2) is 4.79 Å². The third-order valence-corrected chi connectivity index (χ3v) is 5.56. The van der Waals surface area contributed by atoms with Gasteiger partial charge in [-0.2, -0.15) is 8.96 Å². The second-order valence-corrected chi connectivity index (χ2v) is 8.16. The fourth-order valence-corrected chi connectivity index (χ4v) is 3.78. The molecule has 0 amide bonds. The third kappa shape index (κ3) is 6.27. The van der Waals surface area contributed by atoms with Gasteiger partial charge in [0.25, 0.3) is 5.56 Å². The molecule has 184 valence electrons. The SMILES string of the molecule is CCCCCC(=O)n1c(=O)c(F)cn([C@@H]2CC(OCc3ccccc3)[C@H](COC(C)=O)O2)c1=O. The van der Waals surface area contributed by atoms with E-state index < -0.39 is 47.4 Å². The Balaban J connectivity index is 1.84. The van der Waals surface area contributed by atoms with Crippen molar-refractivity contribution in [3.63, 3.8) is 0 Å². The average Bonchev–Trinajstić information content (AvgIpc) is 3.22. The van der Waals surface area contributed by atoms with Crippen molar-refractivity contribution >= 4 is 11.9 Å². The number of nitrogens with zero attached hydrogens (tertiary/aromatic N) is 2. The van der Waals surface area contributed by atoms with Crippen LogP contribution in [0.15, 0.2) is 46.1 Å². The first-order valence-electron chi connectivity index (χ1n) is 11.3. The highest BCUT2D eigenvalue weighted by molar-refractivity contribution is 5.78. The van der Waals surface area contributed by atoms with Crippen molar-refractivity contribution in [1.29, 1.82) is 0 Å². The number of benzene rings is 1. The van der Waals surface area contributed by atoms with Gasteiger partial charge in [0.1, 0.15) is 18.9 Å². The van der Waals surface area contributed by atoms with Crippen molar-refractivity contribution in [3.8, 4) is 0 Å². The normalized spacial score (nSPS) is 19.8. The monoisotopic (exact) mass is 476 g/mol. The summed E-state index contributed by atoms with van der Waals surface area (Å²) < 4.78 is 32.6. The number of aromatic nitrogens is 2. The van der Waals surface area contributed by atoms with Crippen LogP contribution in [0.5, 0.6) is 0 Å². The first kappa shape index (κ1) is 25.5. The van der Waals surface area contributed by atoms with E-state index in [1.54, 1.807) is 0 Å². The van der Waals surface area contributed by atoms with E-state index in [1.807, 2.05) is 37.3 Å². The molecule has 0 spiro atoms. The van der Waals surface area contributed by atoms with Crippen molar-refractivity contribution in [2.75, 3.05) is 6.61 Å². The van der Waals surface area contributed by atoms with E-state index in [0.29, 0.717) is 11.0 Å². The van der Waals surface area contributed by atoms with Crippen molar-refractivity contribution in [2.24, 2.45) is 0 Å². The molecule has 0 saturated carbocycles. The van der Waals surface area contributed by atoms with E-state index in [0.717, 1.165) is 29.2 Å². The minimum atomic E-state index is -1.28. The lowest BCUT2D eigenvalue weighted by atomic mass is 10.1. The molecular formula is C24H29FN2O7. The molecule has 1 saturated heterocycles. The smallest absolute Gasteiger partial charge is 0.340 e. The Kier molecular flexibility index (Phi) is 8.89. The number of esters is 1. The van der Waals surface area contributed by atoms with Gasteiger partial charge in [-0.05, 0) is 12.0 Å². The number of hydrogen-bond acceptors (Lipinski definition) is 7. The highest BCUT2D eigenvalue weighted by atomic mass is 19.1. The zero-order chi connectivity index (χ0) is 24.7. The number of carbonyl (C=O) groups excluding carboxylic acids is 2. The van der Waals surface area contributed by atoms with Crippen LogP contribution in [0.2, 0.25) is 0 Å². The second-order valence-electron chi connectivity index (χ2n) is 8.16. The Hall–Kier alpha value is -3.11. The van der Waals surface area contributed by atoms with Crippen LogP contribution in [0.1, 0.15) is 62.5 Å². The van der Waals surface area contributed by atoms with Crippen LogP contribution in [0.3, 0.4) is 0 Å². The van der Waals surface area contributed by atoms with Crippen molar-refractivity contribution in [2.45, 2.75) is 71.0 Å². The lowest BCUT2D eigenvalue weighted by Gasteiger charge is -2.18. The summed E-state index contributed by atoms with van der Waals surface area (Å²) in [5.74, 6) is -2.51. The summed E-state index contributed by atoms with van der Waals surface area (Å²) in [7, 11) is 0. The molecule has 1 fully saturated rings. The summed E-state index contributed by atoms with van der Waals surface area (Å²) in [6.45, 7) is 3.33. The van der Waals surface area contributed by atoms with Crippen LogP contribution >= 0.6 is 0 Å². The van der Waals surface area contributed by atoms with Gasteiger partial charge in [-0.15, -0.1) is 0 Å². The lowest BCUT2D eigenvalue weighted by Crippen LogP contribution is -2.45. The Morgan fingerprint density at radius 1 is 1.18 bits per heavy atom. The van der Waals surface area contributed by atoms with Crippen LogP contribution in [-0.2, 0) is 25.6 Å². The van der Waals surface area contributed by atoms with Crippen LogP contribution < -0.4 is 11.2 Å². The second kappa shape index (κ2) is 11.8. The molecule has 0 N–H and O–H groups in total. The molecule has 10 heteroatoms. The molecule has 1 unspecified atom stereocenters. The van der Waals surface area contributed by atoms with Crippen LogP contribution in [0, 0.1) is 5.82 Å². The maximum atomic E-state index is 14.4. The van der Waals surface area contributed by atoms with E-state index >= 15 is 0 Å². The van der Waals surface area contributed by atoms with Crippen molar-refractivity contribution in [3.05, 3.63) is 68.7 Å². The molecule has 1 aromatic carbocycles. The van der Waals surface area contributed by atoms with Crippen LogP contribution in [-0.4, -0.2) is 39.8 Å². The maximum Gasteiger partial charge on any atom is 0.340 e. The van der Waals surface area contributed by atoms with E-state index in [1.165, 1.54) is 6.92 Å². The minimum Gasteiger partial charge on any atom is -0.463 e.